The Hall–Kier alpha value is -2.60. The monoisotopic (exact) mass is 396 g/mol. The minimum Gasteiger partial charge on any atom is -0.490 e. The first kappa shape index (κ1) is 21.1. The Balaban J connectivity index is 1.64. The number of rotatable bonds is 8. The van der Waals surface area contributed by atoms with Gasteiger partial charge in [-0.1, -0.05) is 12.1 Å². The van der Waals surface area contributed by atoms with E-state index in [9.17, 15) is 5.11 Å². The Bertz CT molecular complexity index is 789. The Morgan fingerprint density at radius 3 is 2.69 bits per heavy atom. The number of aliphatic imine (C=N–C) groups is 1. The average Bonchev–Trinajstić information content (AvgIpc) is 3.24. The number of aliphatic hydroxyl groups is 1. The van der Waals surface area contributed by atoms with Crippen LogP contribution in [-0.2, 0) is 6.54 Å². The van der Waals surface area contributed by atoms with Gasteiger partial charge in [0, 0.05) is 31.0 Å². The van der Waals surface area contributed by atoms with Crippen molar-refractivity contribution < 1.29 is 9.84 Å². The van der Waals surface area contributed by atoms with Crippen LogP contribution < -0.4 is 15.4 Å². The summed E-state index contributed by atoms with van der Waals surface area (Å²) in [6, 6.07) is 9.93. The van der Waals surface area contributed by atoms with Crippen LogP contribution in [0.2, 0.25) is 0 Å². The maximum absolute atomic E-state index is 10.4. The summed E-state index contributed by atoms with van der Waals surface area (Å²) >= 11 is 0. The highest BCUT2D eigenvalue weighted by atomic mass is 16.5. The normalized spacial score (nSPS) is 15.9. The van der Waals surface area contributed by atoms with E-state index in [4.69, 9.17) is 9.73 Å². The van der Waals surface area contributed by atoms with Gasteiger partial charge in [-0.3, -0.25) is 4.98 Å². The molecule has 6 nitrogen and oxygen atoms in total. The van der Waals surface area contributed by atoms with Crippen molar-refractivity contribution in [1.29, 1.82) is 0 Å². The Labute approximate surface area is 173 Å². The van der Waals surface area contributed by atoms with E-state index in [1.54, 1.807) is 12.4 Å². The molecule has 0 amide bonds. The van der Waals surface area contributed by atoms with Gasteiger partial charge in [0.1, 0.15) is 5.75 Å². The van der Waals surface area contributed by atoms with Gasteiger partial charge < -0.3 is 20.5 Å². The van der Waals surface area contributed by atoms with E-state index in [1.165, 1.54) is 18.4 Å². The number of aliphatic hydroxyl groups excluding tert-OH is 1. The molecule has 3 N–H and O–H groups in total. The number of aryl methyl sites for hydroxylation is 1. The molecule has 1 saturated carbocycles. The molecule has 3 rings (SSSR count). The largest absolute Gasteiger partial charge is 0.490 e. The first-order chi connectivity index (χ1) is 14.2. The summed E-state index contributed by atoms with van der Waals surface area (Å²) < 4.78 is 6.28. The molecule has 1 heterocycles. The lowest BCUT2D eigenvalue weighted by molar-refractivity contribution is 0.180. The van der Waals surface area contributed by atoms with Gasteiger partial charge in [-0.2, -0.15) is 0 Å². The summed E-state index contributed by atoms with van der Waals surface area (Å²) in [4.78, 5) is 8.69. The number of aromatic nitrogens is 1. The molecule has 6 heteroatoms. The first-order valence-electron chi connectivity index (χ1n) is 10.5. The molecule has 156 valence electrons. The Morgan fingerprint density at radius 1 is 1.21 bits per heavy atom. The van der Waals surface area contributed by atoms with E-state index in [1.807, 2.05) is 19.1 Å². The lowest BCUT2D eigenvalue weighted by Gasteiger charge is -2.18. The lowest BCUT2D eigenvalue weighted by atomic mass is 10.1. The summed E-state index contributed by atoms with van der Waals surface area (Å²) in [6.07, 6.45) is 7.82. The van der Waals surface area contributed by atoms with Gasteiger partial charge >= 0.3 is 0 Å². The smallest absolute Gasteiger partial charge is 0.191 e. The molecule has 1 aromatic heterocycles. The second-order valence-electron chi connectivity index (χ2n) is 7.51. The van der Waals surface area contributed by atoms with Gasteiger partial charge in [0.05, 0.1) is 18.8 Å². The quantitative estimate of drug-likeness (QED) is 0.470. The molecule has 0 aliphatic heterocycles. The van der Waals surface area contributed by atoms with E-state index in [2.05, 4.69) is 40.7 Å². The zero-order valence-electron chi connectivity index (χ0n) is 17.4. The molecule has 1 aliphatic rings. The van der Waals surface area contributed by atoms with Crippen molar-refractivity contribution in [3.63, 3.8) is 0 Å². The highest BCUT2D eigenvalue weighted by Gasteiger charge is 2.18. The number of ether oxygens (including phenoxy) is 1. The molecule has 0 radical (unpaired) electrons. The second kappa shape index (κ2) is 10.8. The van der Waals surface area contributed by atoms with Gasteiger partial charge in [0.25, 0.3) is 0 Å². The standard InChI is InChI=1S/C23H32N4O2/c1-3-25-23(27-16-21(28)18-10-12-24-13-11-18)26-15-19-9-8-17(2)14-22(19)29-20-6-4-5-7-20/h8-14,20-21,28H,3-7,15-16H2,1-2H3,(H2,25,26,27). The van der Waals surface area contributed by atoms with Crippen LogP contribution in [0, 0.1) is 6.92 Å². The molecule has 1 fully saturated rings. The SMILES string of the molecule is CCNC(=NCc1ccc(C)cc1OC1CCCC1)NCC(O)c1ccncc1. The van der Waals surface area contributed by atoms with Crippen LogP contribution in [0.25, 0.3) is 0 Å². The van der Waals surface area contributed by atoms with Crippen molar-refractivity contribution in [2.45, 2.75) is 58.3 Å². The molecular weight excluding hydrogens is 364 g/mol. The van der Waals surface area contributed by atoms with E-state index in [-0.39, 0.29) is 0 Å². The maximum atomic E-state index is 10.4. The van der Waals surface area contributed by atoms with E-state index >= 15 is 0 Å². The first-order valence-corrected chi connectivity index (χ1v) is 10.5. The number of hydrogen-bond donors (Lipinski definition) is 3. The zero-order chi connectivity index (χ0) is 20.5. The fourth-order valence-corrected chi connectivity index (χ4v) is 3.49. The molecule has 0 saturated heterocycles. The van der Waals surface area contributed by atoms with Gasteiger partial charge in [-0.15, -0.1) is 0 Å². The van der Waals surface area contributed by atoms with Crippen molar-refractivity contribution in [2.75, 3.05) is 13.1 Å². The lowest BCUT2D eigenvalue weighted by Crippen LogP contribution is -2.39. The summed E-state index contributed by atoms with van der Waals surface area (Å²) in [7, 11) is 0. The summed E-state index contributed by atoms with van der Waals surface area (Å²) in [6.45, 7) is 5.74. The highest BCUT2D eigenvalue weighted by Crippen LogP contribution is 2.28. The van der Waals surface area contributed by atoms with Crippen molar-refractivity contribution in [1.82, 2.24) is 15.6 Å². The Kier molecular flexibility index (Phi) is 7.87. The van der Waals surface area contributed by atoms with Crippen LogP contribution in [-0.4, -0.2) is 35.2 Å². The van der Waals surface area contributed by atoms with E-state index in [0.29, 0.717) is 25.2 Å². The van der Waals surface area contributed by atoms with Gasteiger partial charge in [0.15, 0.2) is 5.96 Å². The molecule has 1 aliphatic carbocycles. The predicted molar refractivity (Wildman–Crippen MR) is 116 cm³/mol. The van der Waals surface area contributed by atoms with Crippen molar-refractivity contribution in [3.8, 4) is 5.75 Å². The second-order valence-corrected chi connectivity index (χ2v) is 7.51. The topological polar surface area (TPSA) is 78.8 Å². The van der Waals surface area contributed by atoms with Crippen LogP contribution in [0.3, 0.4) is 0 Å². The molecular formula is C23H32N4O2. The number of hydrogen-bond acceptors (Lipinski definition) is 4. The minimum atomic E-state index is -0.623. The summed E-state index contributed by atoms with van der Waals surface area (Å²) in [5.74, 6) is 1.61. The van der Waals surface area contributed by atoms with Crippen LogP contribution in [0.15, 0.2) is 47.7 Å². The molecule has 1 unspecified atom stereocenters. The zero-order valence-corrected chi connectivity index (χ0v) is 17.4. The van der Waals surface area contributed by atoms with Crippen LogP contribution in [0.4, 0.5) is 0 Å². The fourth-order valence-electron chi connectivity index (χ4n) is 3.49. The summed E-state index contributed by atoms with van der Waals surface area (Å²) in [5.41, 5.74) is 3.10. The van der Waals surface area contributed by atoms with Crippen molar-refractivity contribution >= 4 is 5.96 Å². The highest BCUT2D eigenvalue weighted by molar-refractivity contribution is 5.79. The maximum Gasteiger partial charge on any atom is 0.191 e. The molecule has 2 aromatic rings. The van der Waals surface area contributed by atoms with Crippen LogP contribution >= 0.6 is 0 Å². The fraction of sp³-hybridized carbons (Fsp3) is 0.478. The van der Waals surface area contributed by atoms with Crippen molar-refractivity contribution in [3.05, 3.63) is 59.4 Å². The van der Waals surface area contributed by atoms with Gasteiger partial charge in [-0.25, -0.2) is 4.99 Å². The molecule has 1 atom stereocenters. The predicted octanol–water partition coefficient (Wildman–Crippen LogP) is 3.50. The number of pyridine rings is 1. The van der Waals surface area contributed by atoms with Gasteiger partial charge in [-0.05, 0) is 68.9 Å². The minimum absolute atomic E-state index is 0.321. The third-order valence-electron chi connectivity index (χ3n) is 5.12. The molecule has 0 bridgehead atoms. The number of benzene rings is 1. The van der Waals surface area contributed by atoms with Crippen molar-refractivity contribution in [2.24, 2.45) is 4.99 Å². The molecule has 29 heavy (non-hydrogen) atoms. The van der Waals surface area contributed by atoms with E-state index < -0.39 is 6.10 Å². The molecule has 0 spiro atoms. The third-order valence-corrected chi connectivity index (χ3v) is 5.12. The Morgan fingerprint density at radius 2 is 1.97 bits per heavy atom. The van der Waals surface area contributed by atoms with Gasteiger partial charge in [0.2, 0.25) is 0 Å². The average molecular weight is 397 g/mol. The van der Waals surface area contributed by atoms with Crippen LogP contribution in [0.1, 0.15) is 55.4 Å². The third kappa shape index (κ3) is 6.46. The number of nitrogens with one attached hydrogen (secondary N) is 2. The summed E-state index contributed by atoms with van der Waals surface area (Å²) in [5, 5.41) is 16.8. The van der Waals surface area contributed by atoms with Crippen LogP contribution in [0.5, 0.6) is 5.75 Å². The van der Waals surface area contributed by atoms with E-state index in [0.717, 1.165) is 36.3 Å². The molecule has 1 aromatic carbocycles. The number of guanidine groups is 1. The number of nitrogens with zero attached hydrogens (tertiary/aromatic N) is 2.